The van der Waals surface area contributed by atoms with E-state index in [2.05, 4.69) is 4.90 Å². The minimum Gasteiger partial charge on any atom is -0.342 e. The molecule has 2 saturated carbocycles. The summed E-state index contributed by atoms with van der Waals surface area (Å²) < 4.78 is 0. The Morgan fingerprint density at radius 1 is 1.00 bits per heavy atom. The zero-order valence-electron chi connectivity index (χ0n) is 14.3. The molecule has 4 aliphatic rings. The van der Waals surface area contributed by atoms with Gasteiger partial charge in [-0.25, -0.2) is 0 Å². The molecule has 128 valence electrons. The maximum Gasteiger partial charge on any atom is 0.230 e. The van der Waals surface area contributed by atoms with Crippen molar-refractivity contribution in [3.8, 4) is 0 Å². The van der Waals surface area contributed by atoms with Gasteiger partial charge in [-0.3, -0.25) is 9.59 Å². The summed E-state index contributed by atoms with van der Waals surface area (Å²) in [6.07, 6.45) is 11.7. The quantitative estimate of drug-likeness (QED) is 0.803. The fourth-order valence-electron chi connectivity index (χ4n) is 5.04. The lowest BCUT2D eigenvalue weighted by Crippen LogP contribution is -2.51. The third kappa shape index (κ3) is 3.01. The number of hydrogen-bond acceptors (Lipinski definition) is 2. The van der Waals surface area contributed by atoms with E-state index in [-0.39, 0.29) is 11.3 Å². The predicted octanol–water partition coefficient (Wildman–Crippen LogP) is 2.82. The SMILES string of the molecule is O=C(C1CC1)N1CC[C@]2(CCCN(CC3CCCCC3)C2=O)C1. The number of nitrogens with zero attached hydrogens (tertiary/aromatic N) is 2. The van der Waals surface area contributed by atoms with E-state index in [9.17, 15) is 9.59 Å². The van der Waals surface area contributed by atoms with Crippen molar-refractivity contribution in [3.05, 3.63) is 0 Å². The fourth-order valence-corrected chi connectivity index (χ4v) is 5.04. The van der Waals surface area contributed by atoms with E-state index in [0.717, 1.165) is 51.7 Å². The van der Waals surface area contributed by atoms with Gasteiger partial charge in [0, 0.05) is 32.1 Å². The largest absolute Gasteiger partial charge is 0.342 e. The van der Waals surface area contributed by atoms with Crippen LogP contribution >= 0.6 is 0 Å². The smallest absolute Gasteiger partial charge is 0.230 e. The van der Waals surface area contributed by atoms with Crippen molar-refractivity contribution < 1.29 is 9.59 Å². The molecule has 2 amide bonds. The molecule has 2 heterocycles. The van der Waals surface area contributed by atoms with Crippen LogP contribution in [-0.2, 0) is 9.59 Å². The van der Waals surface area contributed by atoms with Crippen LogP contribution in [0.4, 0.5) is 0 Å². The van der Waals surface area contributed by atoms with Crippen LogP contribution in [0.1, 0.15) is 64.2 Å². The van der Waals surface area contributed by atoms with E-state index in [1.54, 1.807) is 0 Å². The maximum absolute atomic E-state index is 13.2. The second-order valence-corrected chi connectivity index (χ2v) is 8.42. The van der Waals surface area contributed by atoms with E-state index in [1.807, 2.05) is 4.90 Å². The molecule has 0 aromatic rings. The molecule has 0 unspecified atom stereocenters. The first kappa shape index (κ1) is 15.5. The monoisotopic (exact) mass is 318 g/mol. The number of rotatable bonds is 3. The average molecular weight is 318 g/mol. The van der Waals surface area contributed by atoms with Crippen molar-refractivity contribution in [2.24, 2.45) is 17.3 Å². The van der Waals surface area contributed by atoms with Crippen LogP contribution < -0.4 is 0 Å². The van der Waals surface area contributed by atoms with Crippen LogP contribution in [0, 0.1) is 17.3 Å². The van der Waals surface area contributed by atoms with Gasteiger partial charge in [0.1, 0.15) is 0 Å². The first-order chi connectivity index (χ1) is 11.2. The molecule has 1 spiro atoms. The molecule has 4 fully saturated rings. The number of hydrogen-bond donors (Lipinski definition) is 0. The first-order valence-corrected chi connectivity index (χ1v) is 9.76. The van der Waals surface area contributed by atoms with Gasteiger partial charge in [0.25, 0.3) is 0 Å². The van der Waals surface area contributed by atoms with Crippen molar-refractivity contribution in [2.75, 3.05) is 26.2 Å². The van der Waals surface area contributed by atoms with Gasteiger partial charge < -0.3 is 9.80 Å². The van der Waals surface area contributed by atoms with Crippen molar-refractivity contribution in [1.29, 1.82) is 0 Å². The summed E-state index contributed by atoms with van der Waals surface area (Å²) in [6, 6.07) is 0. The number of piperidine rings is 1. The topological polar surface area (TPSA) is 40.6 Å². The number of carbonyl (C=O) groups excluding carboxylic acids is 2. The van der Waals surface area contributed by atoms with Gasteiger partial charge in [0.2, 0.25) is 11.8 Å². The van der Waals surface area contributed by atoms with Gasteiger partial charge in [-0.2, -0.15) is 0 Å². The van der Waals surface area contributed by atoms with Crippen LogP contribution in [0.25, 0.3) is 0 Å². The molecule has 0 aromatic heterocycles. The number of carbonyl (C=O) groups is 2. The summed E-state index contributed by atoms with van der Waals surface area (Å²) >= 11 is 0. The molecule has 4 nitrogen and oxygen atoms in total. The Morgan fingerprint density at radius 3 is 2.52 bits per heavy atom. The van der Waals surface area contributed by atoms with E-state index in [0.29, 0.717) is 24.3 Å². The summed E-state index contributed by atoms with van der Waals surface area (Å²) in [6.45, 7) is 3.41. The second-order valence-electron chi connectivity index (χ2n) is 8.42. The van der Waals surface area contributed by atoms with Gasteiger partial charge in [-0.1, -0.05) is 19.3 Å². The molecule has 2 aliphatic heterocycles. The van der Waals surface area contributed by atoms with Gasteiger partial charge in [0.05, 0.1) is 5.41 Å². The van der Waals surface area contributed by atoms with Gasteiger partial charge in [0.15, 0.2) is 0 Å². The summed E-state index contributed by atoms with van der Waals surface area (Å²) in [7, 11) is 0. The maximum atomic E-state index is 13.2. The summed E-state index contributed by atoms with van der Waals surface area (Å²) in [4.78, 5) is 29.7. The first-order valence-electron chi connectivity index (χ1n) is 9.76. The van der Waals surface area contributed by atoms with Gasteiger partial charge in [-0.05, 0) is 50.9 Å². The molecule has 0 N–H and O–H groups in total. The summed E-state index contributed by atoms with van der Waals surface area (Å²) in [5.41, 5.74) is -0.239. The third-order valence-electron chi connectivity index (χ3n) is 6.62. The lowest BCUT2D eigenvalue weighted by atomic mass is 9.77. The van der Waals surface area contributed by atoms with Crippen molar-refractivity contribution >= 4 is 11.8 Å². The predicted molar refractivity (Wildman–Crippen MR) is 88.7 cm³/mol. The number of amides is 2. The Kier molecular flexibility index (Phi) is 4.10. The van der Waals surface area contributed by atoms with Crippen LogP contribution in [0.3, 0.4) is 0 Å². The highest BCUT2D eigenvalue weighted by molar-refractivity contribution is 5.87. The van der Waals surface area contributed by atoms with E-state index >= 15 is 0 Å². The Labute approximate surface area is 139 Å². The van der Waals surface area contributed by atoms with Crippen LogP contribution in [0.15, 0.2) is 0 Å². The van der Waals surface area contributed by atoms with Crippen LogP contribution in [-0.4, -0.2) is 47.8 Å². The molecule has 1 atom stereocenters. The molecule has 4 heteroatoms. The normalized spacial score (nSPS) is 32.8. The lowest BCUT2D eigenvalue weighted by molar-refractivity contribution is -0.147. The van der Waals surface area contributed by atoms with Crippen LogP contribution in [0.2, 0.25) is 0 Å². The molecule has 0 aromatic carbocycles. The molecular weight excluding hydrogens is 288 g/mol. The van der Waals surface area contributed by atoms with E-state index < -0.39 is 0 Å². The Hall–Kier alpha value is -1.06. The molecule has 2 aliphatic carbocycles. The van der Waals surface area contributed by atoms with E-state index in [4.69, 9.17) is 0 Å². The van der Waals surface area contributed by atoms with Crippen molar-refractivity contribution in [3.63, 3.8) is 0 Å². The molecule has 2 saturated heterocycles. The van der Waals surface area contributed by atoms with Crippen molar-refractivity contribution in [1.82, 2.24) is 9.80 Å². The molecule has 23 heavy (non-hydrogen) atoms. The minimum absolute atomic E-state index is 0.239. The highest BCUT2D eigenvalue weighted by Gasteiger charge is 2.50. The molecular formula is C19H30N2O2. The molecule has 4 rings (SSSR count). The second kappa shape index (κ2) is 6.10. The van der Waals surface area contributed by atoms with Gasteiger partial charge in [-0.15, -0.1) is 0 Å². The summed E-state index contributed by atoms with van der Waals surface area (Å²) in [5.74, 6) is 1.68. The highest BCUT2D eigenvalue weighted by Crippen LogP contribution is 2.42. The number of likely N-dealkylation sites (tertiary alicyclic amines) is 2. The Morgan fingerprint density at radius 2 is 1.78 bits per heavy atom. The minimum atomic E-state index is -0.239. The van der Waals surface area contributed by atoms with Crippen LogP contribution in [0.5, 0.6) is 0 Å². The average Bonchev–Trinajstić information content (AvgIpc) is 3.34. The molecule has 0 radical (unpaired) electrons. The van der Waals surface area contributed by atoms with Gasteiger partial charge >= 0.3 is 0 Å². The van der Waals surface area contributed by atoms with E-state index in [1.165, 1.54) is 32.1 Å². The zero-order chi connectivity index (χ0) is 15.9. The van der Waals surface area contributed by atoms with Crippen molar-refractivity contribution in [2.45, 2.75) is 64.2 Å². The highest BCUT2D eigenvalue weighted by atomic mass is 16.2. The molecule has 0 bridgehead atoms. The summed E-state index contributed by atoms with van der Waals surface area (Å²) in [5, 5.41) is 0. The standard InChI is InChI=1S/C19H30N2O2/c22-17(16-7-8-16)21-12-10-19(14-21)9-4-11-20(18(19)23)13-15-5-2-1-3-6-15/h15-16H,1-14H2/t19-/m1/s1. The lowest BCUT2D eigenvalue weighted by Gasteiger charge is -2.41. The Bertz CT molecular complexity index is 482. The fraction of sp³-hybridized carbons (Fsp3) is 0.895. The third-order valence-corrected chi connectivity index (χ3v) is 6.62. The Balaban J connectivity index is 1.40. The zero-order valence-corrected chi connectivity index (χ0v) is 14.3.